The molecule has 5 heteroatoms. The van der Waals surface area contributed by atoms with Crippen molar-refractivity contribution in [2.75, 3.05) is 34.3 Å². The van der Waals surface area contributed by atoms with Gasteiger partial charge in [0.1, 0.15) is 13.6 Å². The van der Waals surface area contributed by atoms with Crippen molar-refractivity contribution in [3.05, 3.63) is 23.8 Å². The van der Waals surface area contributed by atoms with E-state index < -0.39 is 0 Å². The molecule has 120 valence electrons. The lowest BCUT2D eigenvalue weighted by Crippen LogP contribution is -2.29. The zero-order valence-electron chi connectivity index (χ0n) is 14.0. The van der Waals surface area contributed by atoms with Gasteiger partial charge >= 0.3 is 0 Å². The first-order valence-electron chi connectivity index (χ1n) is 7.91. The van der Waals surface area contributed by atoms with E-state index in [9.17, 15) is 4.79 Å². The Labute approximate surface area is 135 Å². The van der Waals surface area contributed by atoms with Gasteiger partial charge in [-0.25, -0.2) is 0 Å². The summed E-state index contributed by atoms with van der Waals surface area (Å²) in [4.78, 5) is 14.2. The molecule has 0 aliphatic heterocycles. The van der Waals surface area contributed by atoms with Crippen molar-refractivity contribution in [1.82, 2.24) is 10.2 Å². The number of hydrogen-bond donors (Lipinski definition) is 1. The quantitative estimate of drug-likeness (QED) is 0.529. The Morgan fingerprint density at radius 2 is 1.86 bits per heavy atom. The van der Waals surface area contributed by atoms with E-state index in [4.69, 9.17) is 12.6 Å². The molecule has 0 fully saturated rings. The van der Waals surface area contributed by atoms with Crippen molar-refractivity contribution in [3.8, 4) is 5.75 Å². The van der Waals surface area contributed by atoms with E-state index in [0.717, 1.165) is 19.4 Å². The highest BCUT2D eigenvalue weighted by Gasteiger charge is 2.08. The fourth-order valence-electron chi connectivity index (χ4n) is 2.26. The van der Waals surface area contributed by atoms with Crippen molar-refractivity contribution >= 4 is 19.2 Å². The molecule has 0 saturated carbocycles. The number of carbonyl (C=O) groups is 1. The molecule has 0 aromatic heterocycles. The topological polar surface area (TPSA) is 41.6 Å². The molecule has 0 heterocycles. The van der Waals surface area contributed by atoms with Crippen LogP contribution >= 0.6 is 0 Å². The largest absolute Gasteiger partial charge is 0.497 e. The number of amides is 1. The van der Waals surface area contributed by atoms with Gasteiger partial charge in [0.05, 0.1) is 7.11 Å². The molecule has 0 atom stereocenters. The van der Waals surface area contributed by atoms with E-state index in [0.29, 0.717) is 23.3 Å². The van der Waals surface area contributed by atoms with Gasteiger partial charge in [0.15, 0.2) is 0 Å². The summed E-state index contributed by atoms with van der Waals surface area (Å²) in [5.41, 5.74) is 0.951. The zero-order chi connectivity index (χ0) is 16.4. The Morgan fingerprint density at radius 1 is 1.18 bits per heavy atom. The molecule has 0 aliphatic rings. The fraction of sp³-hybridized carbons (Fsp3) is 0.588. The first kappa shape index (κ1) is 18.6. The summed E-state index contributed by atoms with van der Waals surface area (Å²) in [7, 11) is 11.6. The summed E-state index contributed by atoms with van der Waals surface area (Å²) in [5, 5.41) is 2.92. The zero-order valence-corrected chi connectivity index (χ0v) is 14.0. The molecule has 0 saturated heterocycles. The second-order valence-corrected chi connectivity index (χ2v) is 5.78. The van der Waals surface area contributed by atoms with E-state index in [-0.39, 0.29) is 5.91 Å². The maximum atomic E-state index is 12.0. The van der Waals surface area contributed by atoms with Crippen LogP contribution in [0.15, 0.2) is 18.2 Å². The lowest BCUT2D eigenvalue weighted by atomic mass is 9.90. The van der Waals surface area contributed by atoms with Gasteiger partial charge in [-0.1, -0.05) is 24.7 Å². The van der Waals surface area contributed by atoms with Crippen LogP contribution in [0.1, 0.15) is 42.5 Å². The number of rotatable bonds is 10. The standard InChI is InChI=1S/C17H27BN2O2/c1-20(2)12-8-6-4-5-7-11-19-17(21)15-10-9-14(22-3)13-16(15)18/h9-10,13H,4-8,11-12H2,1-3H3,(H,19,21). The third kappa shape index (κ3) is 6.99. The minimum atomic E-state index is -0.118. The molecule has 0 spiro atoms. The van der Waals surface area contributed by atoms with Crippen LogP contribution in [0.3, 0.4) is 0 Å². The molecule has 2 radical (unpaired) electrons. The molecule has 0 aliphatic carbocycles. The van der Waals surface area contributed by atoms with Gasteiger partial charge in [-0.2, -0.15) is 0 Å². The summed E-state index contributed by atoms with van der Waals surface area (Å²) in [6, 6.07) is 5.11. The monoisotopic (exact) mass is 302 g/mol. The number of carbonyl (C=O) groups excluding carboxylic acids is 1. The Kier molecular flexibility index (Phi) is 8.67. The Morgan fingerprint density at radius 3 is 2.50 bits per heavy atom. The van der Waals surface area contributed by atoms with Crippen molar-refractivity contribution in [3.63, 3.8) is 0 Å². The Bertz CT molecular complexity index is 464. The first-order valence-corrected chi connectivity index (χ1v) is 7.91. The number of methoxy groups -OCH3 is 1. The Balaban J connectivity index is 2.18. The molecule has 0 bridgehead atoms. The van der Waals surface area contributed by atoms with Gasteiger partial charge in [0.25, 0.3) is 5.91 Å². The molecule has 1 rings (SSSR count). The van der Waals surface area contributed by atoms with E-state index in [1.807, 2.05) is 0 Å². The molecule has 0 unspecified atom stereocenters. The molecular formula is C17H27BN2O2. The van der Waals surface area contributed by atoms with Crippen LogP contribution in [0.25, 0.3) is 0 Å². The Hall–Kier alpha value is -1.49. The summed E-state index contributed by atoms with van der Waals surface area (Å²) in [6.07, 6.45) is 5.85. The number of nitrogens with one attached hydrogen (secondary N) is 1. The minimum Gasteiger partial charge on any atom is -0.497 e. The average Bonchev–Trinajstić information content (AvgIpc) is 2.49. The van der Waals surface area contributed by atoms with Gasteiger partial charge in [-0.3, -0.25) is 4.79 Å². The van der Waals surface area contributed by atoms with Crippen LogP contribution in [0.2, 0.25) is 0 Å². The summed E-state index contributed by atoms with van der Waals surface area (Å²) in [6.45, 7) is 1.84. The average molecular weight is 302 g/mol. The van der Waals surface area contributed by atoms with Crippen LogP contribution in [-0.2, 0) is 0 Å². The van der Waals surface area contributed by atoms with E-state index in [1.54, 1.807) is 25.3 Å². The first-order chi connectivity index (χ1) is 10.5. The molecule has 4 nitrogen and oxygen atoms in total. The summed E-state index contributed by atoms with van der Waals surface area (Å²) < 4.78 is 5.08. The maximum Gasteiger partial charge on any atom is 0.250 e. The molecule has 1 amide bonds. The highest BCUT2D eigenvalue weighted by atomic mass is 16.5. The molecule has 1 N–H and O–H groups in total. The highest BCUT2D eigenvalue weighted by Crippen LogP contribution is 2.09. The predicted octanol–water partition coefficient (Wildman–Crippen LogP) is 1.73. The molecule has 22 heavy (non-hydrogen) atoms. The molecular weight excluding hydrogens is 275 g/mol. The number of unbranched alkanes of at least 4 members (excludes halogenated alkanes) is 4. The van der Waals surface area contributed by atoms with Gasteiger partial charge < -0.3 is 15.0 Å². The van der Waals surface area contributed by atoms with E-state index >= 15 is 0 Å². The third-order valence-corrected chi connectivity index (χ3v) is 3.57. The van der Waals surface area contributed by atoms with Gasteiger partial charge in [-0.15, -0.1) is 0 Å². The van der Waals surface area contributed by atoms with Crippen molar-refractivity contribution < 1.29 is 9.53 Å². The van der Waals surface area contributed by atoms with E-state index in [2.05, 4.69) is 24.3 Å². The second kappa shape index (κ2) is 10.3. The third-order valence-electron chi connectivity index (χ3n) is 3.57. The fourth-order valence-corrected chi connectivity index (χ4v) is 2.26. The van der Waals surface area contributed by atoms with Gasteiger partial charge in [0.2, 0.25) is 0 Å². The van der Waals surface area contributed by atoms with Crippen LogP contribution in [0, 0.1) is 0 Å². The highest BCUT2D eigenvalue weighted by molar-refractivity contribution is 6.36. The van der Waals surface area contributed by atoms with Crippen molar-refractivity contribution in [1.29, 1.82) is 0 Å². The van der Waals surface area contributed by atoms with Gasteiger partial charge in [-0.05, 0) is 51.7 Å². The van der Waals surface area contributed by atoms with Crippen LogP contribution in [-0.4, -0.2) is 52.9 Å². The van der Waals surface area contributed by atoms with Crippen molar-refractivity contribution in [2.45, 2.75) is 32.1 Å². The lowest BCUT2D eigenvalue weighted by molar-refractivity contribution is 0.0954. The molecule has 1 aromatic rings. The summed E-state index contributed by atoms with van der Waals surface area (Å²) in [5.74, 6) is 0.541. The van der Waals surface area contributed by atoms with E-state index in [1.165, 1.54) is 19.3 Å². The SMILES string of the molecule is [B]c1cc(OC)ccc1C(=O)NCCCCCCCN(C)C. The number of nitrogens with zero attached hydrogens (tertiary/aromatic N) is 1. The summed E-state index contributed by atoms with van der Waals surface area (Å²) >= 11 is 0. The predicted molar refractivity (Wildman–Crippen MR) is 92.4 cm³/mol. The van der Waals surface area contributed by atoms with Gasteiger partial charge in [0, 0.05) is 12.1 Å². The normalized spacial score (nSPS) is 10.7. The second-order valence-electron chi connectivity index (χ2n) is 5.78. The molecule has 1 aromatic carbocycles. The maximum absolute atomic E-state index is 12.0. The minimum absolute atomic E-state index is 0.118. The number of ether oxygens (including phenoxy) is 1. The van der Waals surface area contributed by atoms with Crippen LogP contribution < -0.4 is 15.5 Å². The number of benzene rings is 1. The van der Waals surface area contributed by atoms with Crippen molar-refractivity contribution in [2.24, 2.45) is 0 Å². The lowest BCUT2D eigenvalue weighted by Gasteiger charge is -2.10. The van der Waals surface area contributed by atoms with Crippen LogP contribution in [0.5, 0.6) is 5.75 Å². The number of hydrogen-bond acceptors (Lipinski definition) is 3. The van der Waals surface area contributed by atoms with Crippen LogP contribution in [0.4, 0.5) is 0 Å². The smallest absolute Gasteiger partial charge is 0.250 e.